The van der Waals surface area contributed by atoms with Gasteiger partial charge >= 0.3 is 0 Å². The molecular weight excluding hydrogens is 454 g/mol. The Hall–Kier alpha value is -3.80. The second-order valence-corrected chi connectivity index (χ2v) is 9.15. The van der Waals surface area contributed by atoms with Crippen LogP contribution in [0, 0.1) is 11.3 Å². The van der Waals surface area contributed by atoms with Gasteiger partial charge in [-0.05, 0) is 35.9 Å². The highest BCUT2D eigenvalue weighted by Gasteiger charge is 2.23. The molecular formula is C28H27N5O3. The van der Waals surface area contributed by atoms with Gasteiger partial charge in [-0.1, -0.05) is 12.1 Å². The molecule has 0 N–H and O–H groups in total. The molecule has 3 aromatic rings. The lowest BCUT2D eigenvalue weighted by molar-refractivity contribution is 0.0254. The van der Waals surface area contributed by atoms with Crippen molar-refractivity contribution in [2.45, 2.75) is 25.4 Å². The van der Waals surface area contributed by atoms with Gasteiger partial charge in [0.25, 0.3) is 0 Å². The van der Waals surface area contributed by atoms with Crippen molar-refractivity contribution in [1.82, 2.24) is 9.97 Å². The van der Waals surface area contributed by atoms with Crippen LogP contribution in [0.15, 0.2) is 53.8 Å². The molecule has 4 heterocycles. The van der Waals surface area contributed by atoms with Crippen molar-refractivity contribution >= 4 is 17.1 Å². The minimum atomic E-state index is 0.0711. The fourth-order valence-corrected chi connectivity index (χ4v) is 4.90. The molecule has 0 unspecified atom stereocenters. The van der Waals surface area contributed by atoms with E-state index in [1.54, 1.807) is 6.33 Å². The number of aromatic nitrogens is 2. The first-order valence-electron chi connectivity index (χ1n) is 12.4. The summed E-state index contributed by atoms with van der Waals surface area (Å²) in [4.78, 5) is 16.3. The minimum Gasteiger partial charge on any atom is -0.489 e. The van der Waals surface area contributed by atoms with Crippen LogP contribution in [0.25, 0.3) is 11.3 Å². The number of anilines is 1. The summed E-state index contributed by atoms with van der Waals surface area (Å²) >= 11 is 0. The second kappa shape index (κ2) is 10.1. The van der Waals surface area contributed by atoms with Gasteiger partial charge in [-0.25, -0.2) is 15.0 Å². The molecule has 36 heavy (non-hydrogen) atoms. The highest BCUT2D eigenvalue weighted by Crippen LogP contribution is 2.37. The van der Waals surface area contributed by atoms with Crippen molar-refractivity contribution in [3.05, 3.63) is 65.6 Å². The predicted octanol–water partition coefficient (Wildman–Crippen LogP) is 4.09. The number of rotatable bonds is 5. The van der Waals surface area contributed by atoms with Gasteiger partial charge in [-0.2, -0.15) is 5.26 Å². The summed E-state index contributed by atoms with van der Waals surface area (Å²) in [6, 6.07) is 16.5. The number of nitriles is 1. The Kier molecular flexibility index (Phi) is 6.33. The number of morpholine rings is 1. The zero-order chi connectivity index (χ0) is 24.3. The monoisotopic (exact) mass is 481 g/mol. The lowest BCUT2D eigenvalue weighted by Gasteiger charge is -2.28. The summed E-state index contributed by atoms with van der Waals surface area (Å²) in [6.07, 6.45) is 3.96. The van der Waals surface area contributed by atoms with E-state index < -0.39 is 0 Å². The van der Waals surface area contributed by atoms with Crippen LogP contribution >= 0.6 is 0 Å². The molecule has 8 nitrogen and oxygen atoms in total. The average Bonchev–Trinajstić information content (AvgIpc) is 3.39. The van der Waals surface area contributed by atoms with E-state index in [1.165, 1.54) is 5.69 Å². The Morgan fingerprint density at radius 3 is 2.44 bits per heavy atom. The van der Waals surface area contributed by atoms with Gasteiger partial charge in [-0.3, -0.25) is 0 Å². The molecule has 182 valence electrons. The molecule has 2 fully saturated rings. The summed E-state index contributed by atoms with van der Waals surface area (Å²) < 4.78 is 17.0. The number of hydrogen-bond donors (Lipinski definition) is 0. The molecule has 0 spiro atoms. The van der Waals surface area contributed by atoms with Crippen molar-refractivity contribution in [3.63, 3.8) is 0 Å². The molecule has 2 saturated heterocycles. The van der Waals surface area contributed by atoms with E-state index in [2.05, 4.69) is 45.2 Å². The zero-order valence-corrected chi connectivity index (χ0v) is 20.0. The van der Waals surface area contributed by atoms with E-state index >= 15 is 0 Å². The summed E-state index contributed by atoms with van der Waals surface area (Å²) in [5.41, 5.74) is 6.97. The van der Waals surface area contributed by atoms with Crippen LogP contribution in [0.2, 0.25) is 0 Å². The largest absolute Gasteiger partial charge is 0.489 e. The maximum Gasteiger partial charge on any atom is 0.137 e. The quantitative estimate of drug-likeness (QED) is 0.542. The molecule has 0 atom stereocenters. The van der Waals surface area contributed by atoms with Gasteiger partial charge in [0.1, 0.15) is 29.9 Å². The van der Waals surface area contributed by atoms with E-state index in [0.29, 0.717) is 30.9 Å². The van der Waals surface area contributed by atoms with Gasteiger partial charge in [0.2, 0.25) is 0 Å². The fourth-order valence-electron chi connectivity index (χ4n) is 4.90. The predicted molar refractivity (Wildman–Crippen MR) is 136 cm³/mol. The molecule has 0 saturated carbocycles. The molecule has 0 bridgehead atoms. The van der Waals surface area contributed by atoms with Crippen LogP contribution in [-0.4, -0.2) is 61.3 Å². The fraction of sp³-hybridized carbons (Fsp3) is 0.357. The Morgan fingerprint density at radius 1 is 0.917 bits per heavy atom. The SMILES string of the molecule is N#Cc1cc(-c2ncnc3c2N=C(c2ccc(N4CCOCC4)cc2)C3)ccc1OC1CCOCC1. The average molecular weight is 482 g/mol. The van der Waals surface area contributed by atoms with Crippen molar-refractivity contribution in [2.75, 3.05) is 44.4 Å². The molecule has 0 amide bonds. The van der Waals surface area contributed by atoms with E-state index in [1.807, 2.05) is 18.2 Å². The van der Waals surface area contributed by atoms with E-state index in [-0.39, 0.29) is 6.10 Å². The van der Waals surface area contributed by atoms with Crippen LogP contribution < -0.4 is 9.64 Å². The third kappa shape index (κ3) is 4.55. The molecule has 3 aliphatic rings. The van der Waals surface area contributed by atoms with Crippen LogP contribution in [0.1, 0.15) is 29.7 Å². The number of aliphatic imine (C=N–C) groups is 1. The zero-order valence-electron chi connectivity index (χ0n) is 20.0. The highest BCUT2D eigenvalue weighted by molar-refractivity contribution is 6.07. The molecule has 1 aromatic heterocycles. The van der Waals surface area contributed by atoms with Gasteiger partial charge in [0.15, 0.2) is 0 Å². The Bertz CT molecular complexity index is 1320. The van der Waals surface area contributed by atoms with Gasteiger partial charge in [0, 0.05) is 43.6 Å². The standard InChI is InChI=1S/C28H27N5O3/c29-17-21-15-20(3-6-26(21)36-23-7-11-34-12-8-23)27-28-25(30-18-31-27)16-24(32-28)19-1-4-22(5-2-19)33-9-13-35-14-10-33/h1-6,15,18,23H,7-14,16H2. The second-order valence-electron chi connectivity index (χ2n) is 9.15. The number of nitrogens with zero attached hydrogens (tertiary/aromatic N) is 5. The summed E-state index contributed by atoms with van der Waals surface area (Å²) in [7, 11) is 0. The van der Waals surface area contributed by atoms with Crippen LogP contribution in [-0.2, 0) is 15.9 Å². The van der Waals surface area contributed by atoms with Crippen LogP contribution in [0.4, 0.5) is 11.4 Å². The van der Waals surface area contributed by atoms with Crippen molar-refractivity contribution in [2.24, 2.45) is 4.99 Å². The van der Waals surface area contributed by atoms with E-state index in [4.69, 9.17) is 19.2 Å². The topological polar surface area (TPSA) is 92.9 Å². The molecule has 8 heteroatoms. The van der Waals surface area contributed by atoms with Gasteiger partial charge in [0.05, 0.1) is 49.1 Å². The van der Waals surface area contributed by atoms with Gasteiger partial charge in [-0.15, -0.1) is 0 Å². The van der Waals surface area contributed by atoms with Crippen molar-refractivity contribution in [1.29, 1.82) is 5.26 Å². The molecule has 0 aliphatic carbocycles. The van der Waals surface area contributed by atoms with Crippen molar-refractivity contribution < 1.29 is 14.2 Å². The summed E-state index contributed by atoms with van der Waals surface area (Å²) in [6.45, 7) is 4.73. The smallest absolute Gasteiger partial charge is 0.137 e. The van der Waals surface area contributed by atoms with E-state index in [0.717, 1.165) is 73.1 Å². The molecule has 0 radical (unpaired) electrons. The number of fused-ring (bicyclic) bond motifs is 1. The van der Waals surface area contributed by atoms with Gasteiger partial charge < -0.3 is 19.1 Å². The molecule has 2 aromatic carbocycles. The third-order valence-corrected chi connectivity index (χ3v) is 6.89. The number of hydrogen-bond acceptors (Lipinski definition) is 8. The third-order valence-electron chi connectivity index (χ3n) is 6.89. The maximum absolute atomic E-state index is 9.79. The lowest BCUT2D eigenvalue weighted by Crippen LogP contribution is -2.36. The normalized spacial score (nSPS) is 17.9. The number of ether oxygens (including phenoxy) is 3. The van der Waals surface area contributed by atoms with Crippen LogP contribution in [0.5, 0.6) is 5.75 Å². The number of benzene rings is 2. The first-order chi connectivity index (χ1) is 17.8. The Morgan fingerprint density at radius 2 is 1.67 bits per heavy atom. The molecule has 3 aliphatic heterocycles. The summed E-state index contributed by atoms with van der Waals surface area (Å²) in [5, 5.41) is 9.79. The Balaban J connectivity index is 1.25. The maximum atomic E-state index is 9.79. The first-order valence-corrected chi connectivity index (χ1v) is 12.4. The molecule has 6 rings (SSSR count). The highest BCUT2D eigenvalue weighted by atomic mass is 16.5. The minimum absolute atomic E-state index is 0.0711. The lowest BCUT2D eigenvalue weighted by atomic mass is 10.0. The van der Waals surface area contributed by atoms with E-state index in [9.17, 15) is 5.26 Å². The Labute approximate surface area is 210 Å². The summed E-state index contributed by atoms with van der Waals surface area (Å²) in [5.74, 6) is 0.600. The van der Waals surface area contributed by atoms with Crippen LogP contribution in [0.3, 0.4) is 0 Å². The first kappa shape index (κ1) is 22.7. The van der Waals surface area contributed by atoms with Crippen molar-refractivity contribution in [3.8, 4) is 23.1 Å².